The summed E-state index contributed by atoms with van der Waals surface area (Å²) in [5, 5.41) is 7.71. The molecule has 0 unspecified atom stereocenters. The quantitative estimate of drug-likeness (QED) is 0.503. The van der Waals surface area contributed by atoms with Crippen LogP contribution in [0.1, 0.15) is 50.3 Å². The van der Waals surface area contributed by atoms with Gasteiger partial charge in [0.2, 0.25) is 0 Å². The number of benzene rings is 1. The Balaban J connectivity index is 1.51. The number of ether oxygens (including phenoxy) is 1. The Morgan fingerprint density at radius 2 is 1.82 bits per heavy atom. The highest BCUT2D eigenvalue weighted by Gasteiger charge is 2.56. The van der Waals surface area contributed by atoms with Gasteiger partial charge in [0, 0.05) is 50.5 Å². The first kappa shape index (κ1) is 26.0. The summed E-state index contributed by atoms with van der Waals surface area (Å²) in [6.45, 7) is 3.99. The van der Waals surface area contributed by atoms with Crippen LogP contribution >= 0.6 is 0 Å². The third-order valence-corrected chi connectivity index (χ3v) is 7.61. The Morgan fingerprint density at radius 3 is 2.42 bits per heavy atom. The smallest absolute Gasteiger partial charge is 0.274 e. The van der Waals surface area contributed by atoms with Gasteiger partial charge in [0.25, 0.3) is 23.5 Å². The average molecular weight is 532 g/mol. The molecule has 2 fully saturated rings. The average Bonchev–Trinajstić information content (AvgIpc) is 3.66. The first-order chi connectivity index (χ1) is 17.9. The number of pyridine rings is 1. The maximum absolute atomic E-state index is 14.8. The number of carbonyl (C=O) groups is 1. The van der Waals surface area contributed by atoms with Crippen LogP contribution in [0.3, 0.4) is 0 Å². The highest BCUT2D eigenvalue weighted by Crippen LogP contribution is 2.43. The van der Waals surface area contributed by atoms with Crippen molar-refractivity contribution in [3.63, 3.8) is 0 Å². The van der Waals surface area contributed by atoms with Gasteiger partial charge in [0.15, 0.2) is 5.82 Å². The van der Waals surface area contributed by atoms with E-state index < -0.39 is 46.1 Å². The highest BCUT2D eigenvalue weighted by molar-refractivity contribution is 5.91. The molecule has 38 heavy (non-hydrogen) atoms. The van der Waals surface area contributed by atoms with Gasteiger partial charge in [-0.15, -0.1) is 0 Å². The lowest BCUT2D eigenvalue weighted by Crippen LogP contribution is -2.66. The van der Waals surface area contributed by atoms with Crippen LogP contribution < -0.4 is 16.4 Å². The Morgan fingerprint density at radius 1 is 1.16 bits per heavy atom. The highest BCUT2D eigenvalue weighted by atomic mass is 19.3. The number of methoxy groups -OCH3 is 1. The molecule has 1 atom stereocenters. The number of hydrogen-bond donors (Lipinski definition) is 1. The summed E-state index contributed by atoms with van der Waals surface area (Å²) in [7, 11) is 2.93. The summed E-state index contributed by atoms with van der Waals surface area (Å²) in [5.41, 5.74) is -3.12. The van der Waals surface area contributed by atoms with Gasteiger partial charge < -0.3 is 19.5 Å². The van der Waals surface area contributed by atoms with E-state index in [0.717, 1.165) is 10.7 Å². The van der Waals surface area contributed by atoms with E-state index in [4.69, 9.17) is 4.74 Å². The lowest BCUT2D eigenvalue weighted by atomic mass is 9.90. The van der Waals surface area contributed by atoms with Crippen molar-refractivity contribution in [1.82, 2.24) is 19.2 Å². The number of rotatable bonds is 7. The number of anilines is 1. The van der Waals surface area contributed by atoms with Crippen LogP contribution in [0.2, 0.25) is 0 Å². The molecule has 1 saturated heterocycles. The second-order valence-corrected chi connectivity index (χ2v) is 10.4. The third kappa shape index (κ3) is 4.07. The monoisotopic (exact) mass is 531 g/mol. The van der Waals surface area contributed by atoms with Crippen molar-refractivity contribution in [3.8, 4) is 0 Å². The zero-order chi connectivity index (χ0) is 27.6. The van der Waals surface area contributed by atoms with Crippen molar-refractivity contribution in [3.05, 3.63) is 68.1 Å². The van der Waals surface area contributed by atoms with E-state index in [1.807, 2.05) is 6.92 Å². The minimum atomic E-state index is -2.97. The Hall–Kier alpha value is -3.67. The number of aryl methyl sites for hydroxylation is 1. The topological polar surface area (TPSA) is 98.5 Å². The number of fused-ring (bicyclic) bond motifs is 1. The van der Waals surface area contributed by atoms with E-state index in [-0.39, 0.29) is 35.8 Å². The summed E-state index contributed by atoms with van der Waals surface area (Å²) < 4.78 is 49.2. The van der Waals surface area contributed by atoms with Crippen LogP contribution in [-0.4, -0.2) is 51.0 Å². The van der Waals surface area contributed by atoms with Crippen molar-refractivity contribution >= 4 is 22.5 Å². The Labute approximate surface area is 215 Å². The number of likely N-dealkylation sites (tertiary alicyclic amines) is 1. The maximum Gasteiger partial charge on any atom is 0.274 e. The lowest BCUT2D eigenvalue weighted by Gasteiger charge is -2.49. The van der Waals surface area contributed by atoms with Crippen molar-refractivity contribution in [2.45, 2.75) is 50.3 Å². The number of nitrogens with one attached hydrogen (secondary N) is 1. The number of amides is 1. The van der Waals surface area contributed by atoms with E-state index in [2.05, 4.69) is 10.4 Å². The molecular weight excluding hydrogens is 503 g/mol. The number of nitrogens with zero attached hydrogens (tertiary/aromatic N) is 4. The minimum Gasteiger partial charge on any atom is -0.368 e. The summed E-state index contributed by atoms with van der Waals surface area (Å²) >= 11 is 0. The fourth-order valence-corrected chi connectivity index (χ4v) is 5.18. The van der Waals surface area contributed by atoms with Gasteiger partial charge >= 0.3 is 0 Å². The Kier molecular flexibility index (Phi) is 6.13. The molecule has 0 radical (unpaired) electrons. The minimum absolute atomic E-state index is 0.00665. The van der Waals surface area contributed by atoms with Crippen molar-refractivity contribution in [1.29, 1.82) is 0 Å². The predicted molar refractivity (Wildman–Crippen MR) is 134 cm³/mol. The third-order valence-electron chi connectivity index (χ3n) is 7.61. The fourth-order valence-electron chi connectivity index (χ4n) is 5.18. The number of halogens is 3. The van der Waals surface area contributed by atoms with Crippen LogP contribution in [0.15, 0.2) is 40.1 Å². The molecule has 0 spiro atoms. The molecule has 1 amide bonds. The predicted octanol–water partition coefficient (Wildman–Crippen LogP) is 3.08. The molecule has 3 aromatic rings. The molecule has 9 nitrogen and oxygen atoms in total. The molecule has 1 aliphatic carbocycles. The van der Waals surface area contributed by atoms with E-state index in [0.29, 0.717) is 18.2 Å². The van der Waals surface area contributed by atoms with Crippen molar-refractivity contribution < 1.29 is 22.7 Å². The van der Waals surface area contributed by atoms with E-state index in [1.165, 1.54) is 43.1 Å². The van der Waals surface area contributed by atoms with Crippen LogP contribution in [0, 0.1) is 5.82 Å². The van der Waals surface area contributed by atoms with Crippen LogP contribution in [-0.2, 0) is 22.1 Å². The van der Waals surface area contributed by atoms with Gasteiger partial charge in [-0.05, 0) is 26.7 Å². The van der Waals surface area contributed by atoms with Crippen molar-refractivity contribution in [2.75, 3.05) is 25.5 Å². The van der Waals surface area contributed by atoms with Gasteiger partial charge in [-0.3, -0.25) is 14.4 Å². The van der Waals surface area contributed by atoms with Crippen molar-refractivity contribution in [2.24, 2.45) is 7.05 Å². The molecule has 0 bridgehead atoms. The number of carbonyl (C=O) groups excluding carboxylic acids is 1. The van der Waals surface area contributed by atoms with Crippen LogP contribution in [0.5, 0.6) is 0 Å². The number of hydrogen-bond acceptors (Lipinski definition) is 6. The van der Waals surface area contributed by atoms with Crippen LogP contribution in [0.4, 0.5) is 19.0 Å². The number of aromatic nitrogens is 3. The van der Waals surface area contributed by atoms with Gasteiger partial charge in [0.05, 0.1) is 22.5 Å². The van der Waals surface area contributed by atoms with E-state index >= 15 is 0 Å². The largest absolute Gasteiger partial charge is 0.368 e. The molecule has 1 aliphatic heterocycles. The van der Waals surface area contributed by atoms with Gasteiger partial charge in [-0.2, -0.15) is 5.10 Å². The maximum atomic E-state index is 14.8. The Bertz CT molecular complexity index is 1560. The molecule has 2 aromatic heterocycles. The molecule has 1 aromatic carbocycles. The normalized spacial score (nSPS) is 18.4. The first-order valence-electron chi connectivity index (χ1n) is 12.2. The van der Waals surface area contributed by atoms with Gasteiger partial charge in [0.1, 0.15) is 11.4 Å². The first-order valence-corrected chi connectivity index (χ1v) is 12.2. The van der Waals surface area contributed by atoms with Crippen LogP contribution in [0.25, 0.3) is 10.8 Å². The molecule has 2 aliphatic rings. The molecular formula is C26H28F3N5O4. The summed E-state index contributed by atoms with van der Waals surface area (Å²) in [4.78, 5) is 40.4. The molecule has 202 valence electrons. The molecule has 1 saturated carbocycles. The zero-order valence-electron chi connectivity index (χ0n) is 21.4. The molecule has 12 heteroatoms. The van der Waals surface area contributed by atoms with E-state index in [1.54, 1.807) is 11.8 Å². The summed E-state index contributed by atoms with van der Waals surface area (Å²) in [6, 6.07) is 4.20. The van der Waals surface area contributed by atoms with E-state index in [9.17, 15) is 27.6 Å². The zero-order valence-corrected chi connectivity index (χ0v) is 21.4. The second kappa shape index (κ2) is 8.97. The SMILES string of the molecule is COC1(C(=O)N2CC(C)(n3cc4c(N[C@H](C)c5cccc(C(F)F)c5F)nn(C)c(=O)c4cc3=O)C2)CC1. The number of alkyl halides is 2. The lowest BCUT2D eigenvalue weighted by molar-refractivity contribution is -0.155. The van der Waals surface area contributed by atoms with Gasteiger partial charge in [-0.25, -0.2) is 17.9 Å². The summed E-state index contributed by atoms with van der Waals surface area (Å²) in [6.07, 6.45) is -0.137. The summed E-state index contributed by atoms with van der Waals surface area (Å²) in [5.74, 6) is -0.951. The standard InChI is InChI=1S/C26H28F3N5O4/c1-14(15-6-5-7-16(20(15)27)21(28)29)30-22-18-11-34(19(35)10-17(18)23(36)32(3)31-22)25(2)12-33(13-25)24(37)26(38-4)8-9-26/h5-7,10-11,14,21H,8-9,12-13H2,1-4H3,(H,30,31)/t14-/m1/s1. The molecule has 5 rings (SSSR count). The molecule has 3 heterocycles. The fraction of sp³-hybridized carbons (Fsp3) is 0.462. The molecule has 1 N–H and O–H groups in total. The van der Waals surface area contributed by atoms with Gasteiger partial charge in [-0.1, -0.05) is 18.2 Å². The second-order valence-electron chi connectivity index (χ2n) is 10.4.